The van der Waals surface area contributed by atoms with E-state index in [2.05, 4.69) is 4.98 Å². The number of benzene rings is 2. The van der Waals surface area contributed by atoms with E-state index in [1.807, 2.05) is 37.3 Å². The van der Waals surface area contributed by atoms with Crippen molar-refractivity contribution in [1.29, 1.82) is 0 Å². The van der Waals surface area contributed by atoms with Gasteiger partial charge >= 0.3 is 0 Å². The first-order valence-corrected chi connectivity index (χ1v) is 9.45. The summed E-state index contributed by atoms with van der Waals surface area (Å²) >= 11 is 0. The monoisotopic (exact) mass is 402 g/mol. The van der Waals surface area contributed by atoms with Crippen LogP contribution < -0.4 is 0 Å². The van der Waals surface area contributed by atoms with E-state index in [4.69, 9.17) is 0 Å². The van der Waals surface area contributed by atoms with Gasteiger partial charge in [0.05, 0.1) is 11.6 Å². The second kappa shape index (κ2) is 7.91. The van der Waals surface area contributed by atoms with E-state index < -0.39 is 23.5 Å². The van der Waals surface area contributed by atoms with Crippen LogP contribution in [0.5, 0.6) is 0 Å². The SMILES string of the molecule is Cc1ccc([C@@H]2/C(=C(\O)c3ccc(F)cc3)C(=O)C(=O)N2Cc2cccnc2)cc1. The predicted octanol–water partition coefficient (Wildman–Crippen LogP) is 4.15. The van der Waals surface area contributed by atoms with E-state index in [1.54, 1.807) is 18.5 Å². The van der Waals surface area contributed by atoms with Gasteiger partial charge in [0.25, 0.3) is 11.7 Å². The van der Waals surface area contributed by atoms with Gasteiger partial charge in [-0.05, 0) is 48.4 Å². The van der Waals surface area contributed by atoms with Gasteiger partial charge in [0.2, 0.25) is 0 Å². The van der Waals surface area contributed by atoms with Crippen LogP contribution in [-0.2, 0) is 16.1 Å². The summed E-state index contributed by atoms with van der Waals surface area (Å²) in [6.45, 7) is 2.10. The van der Waals surface area contributed by atoms with Crippen LogP contribution in [0.1, 0.15) is 28.3 Å². The molecule has 30 heavy (non-hydrogen) atoms. The second-order valence-corrected chi connectivity index (χ2v) is 7.21. The molecule has 0 aliphatic carbocycles. The average Bonchev–Trinajstić information content (AvgIpc) is 3.00. The number of amides is 1. The summed E-state index contributed by atoms with van der Waals surface area (Å²) in [5, 5.41) is 10.9. The highest BCUT2D eigenvalue weighted by molar-refractivity contribution is 6.46. The number of carbonyl (C=O) groups is 2. The van der Waals surface area contributed by atoms with Crippen molar-refractivity contribution in [2.45, 2.75) is 19.5 Å². The van der Waals surface area contributed by atoms with E-state index in [0.29, 0.717) is 5.56 Å². The Kier molecular flexibility index (Phi) is 5.14. The van der Waals surface area contributed by atoms with Crippen molar-refractivity contribution in [2.24, 2.45) is 0 Å². The molecular weight excluding hydrogens is 383 g/mol. The molecule has 4 rings (SSSR count). The smallest absolute Gasteiger partial charge is 0.295 e. The Labute approximate surface area is 173 Å². The maximum absolute atomic E-state index is 13.3. The third kappa shape index (κ3) is 3.59. The number of aryl methyl sites for hydroxylation is 1. The van der Waals surface area contributed by atoms with Gasteiger partial charge < -0.3 is 10.0 Å². The highest BCUT2D eigenvalue weighted by Crippen LogP contribution is 2.40. The number of aliphatic hydroxyl groups excluding tert-OH is 1. The minimum atomic E-state index is -0.772. The van der Waals surface area contributed by atoms with Crippen molar-refractivity contribution in [3.8, 4) is 0 Å². The molecule has 1 saturated heterocycles. The van der Waals surface area contributed by atoms with E-state index in [-0.39, 0.29) is 23.4 Å². The average molecular weight is 402 g/mol. The van der Waals surface area contributed by atoms with Crippen LogP contribution in [-0.4, -0.2) is 26.7 Å². The third-order valence-electron chi connectivity index (χ3n) is 5.13. The highest BCUT2D eigenvalue weighted by Gasteiger charge is 2.46. The summed E-state index contributed by atoms with van der Waals surface area (Å²) in [5.41, 5.74) is 2.75. The molecule has 0 radical (unpaired) electrons. The summed E-state index contributed by atoms with van der Waals surface area (Å²) in [6, 6.07) is 15.4. The molecule has 0 bridgehead atoms. The largest absolute Gasteiger partial charge is 0.507 e. The van der Waals surface area contributed by atoms with Gasteiger partial charge in [0.15, 0.2) is 0 Å². The molecule has 1 aliphatic heterocycles. The molecule has 1 N–H and O–H groups in total. The van der Waals surface area contributed by atoms with Crippen LogP contribution in [0.4, 0.5) is 4.39 Å². The minimum Gasteiger partial charge on any atom is -0.507 e. The normalized spacial score (nSPS) is 18.1. The van der Waals surface area contributed by atoms with Crippen molar-refractivity contribution < 1.29 is 19.1 Å². The van der Waals surface area contributed by atoms with Gasteiger partial charge in [-0.25, -0.2) is 4.39 Å². The summed E-state index contributed by atoms with van der Waals surface area (Å²) < 4.78 is 13.3. The Hall–Kier alpha value is -3.80. The topological polar surface area (TPSA) is 70.5 Å². The zero-order valence-corrected chi connectivity index (χ0v) is 16.2. The van der Waals surface area contributed by atoms with Crippen LogP contribution in [0.25, 0.3) is 5.76 Å². The van der Waals surface area contributed by atoms with Crippen molar-refractivity contribution >= 4 is 17.4 Å². The van der Waals surface area contributed by atoms with Crippen molar-refractivity contribution in [3.63, 3.8) is 0 Å². The maximum Gasteiger partial charge on any atom is 0.295 e. The van der Waals surface area contributed by atoms with E-state index >= 15 is 0 Å². The van der Waals surface area contributed by atoms with Gasteiger partial charge in [-0.3, -0.25) is 14.6 Å². The summed E-state index contributed by atoms with van der Waals surface area (Å²) in [4.78, 5) is 31.4. The number of Topliss-reactive ketones (excluding diaryl/α,β-unsaturated/α-hetero) is 1. The van der Waals surface area contributed by atoms with E-state index in [9.17, 15) is 19.1 Å². The van der Waals surface area contributed by atoms with Crippen LogP contribution >= 0.6 is 0 Å². The van der Waals surface area contributed by atoms with Gasteiger partial charge in [0.1, 0.15) is 11.6 Å². The van der Waals surface area contributed by atoms with Crippen LogP contribution in [0.15, 0.2) is 78.6 Å². The number of aromatic nitrogens is 1. The molecule has 0 spiro atoms. The molecule has 0 saturated carbocycles. The van der Waals surface area contributed by atoms with E-state index in [1.165, 1.54) is 29.2 Å². The molecule has 1 fully saturated rings. The van der Waals surface area contributed by atoms with Crippen molar-refractivity contribution in [3.05, 3.63) is 107 Å². The number of pyridine rings is 1. The number of aliphatic hydroxyl groups is 1. The fourth-order valence-electron chi connectivity index (χ4n) is 3.59. The zero-order chi connectivity index (χ0) is 21.3. The van der Waals surface area contributed by atoms with Gasteiger partial charge in [-0.2, -0.15) is 0 Å². The Morgan fingerprint density at radius 2 is 1.77 bits per heavy atom. The Bertz CT molecular complexity index is 1120. The lowest BCUT2D eigenvalue weighted by atomic mass is 9.94. The number of nitrogens with zero attached hydrogens (tertiary/aromatic N) is 2. The number of carbonyl (C=O) groups excluding carboxylic acids is 2. The molecule has 0 unspecified atom stereocenters. The molecule has 150 valence electrons. The molecule has 1 aliphatic rings. The fourth-order valence-corrected chi connectivity index (χ4v) is 3.59. The first-order chi connectivity index (χ1) is 14.5. The summed E-state index contributed by atoms with van der Waals surface area (Å²) in [5.74, 6) is -2.26. The molecule has 6 heteroatoms. The lowest BCUT2D eigenvalue weighted by molar-refractivity contribution is -0.140. The molecule has 1 aromatic heterocycles. The standard InChI is InChI=1S/C24H19FN2O3/c1-15-4-6-17(7-5-15)21-20(22(28)18-8-10-19(25)11-9-18)23(29)24(30)27(21)14-16-3-2-12-26-13-16/h2-13,21,28H,14H2,1H3/b22-20+/t21-/m1/s1. The number of halogens is 1. The van der Waals surface area contributed by atoms with Crippen LogP contribution in [0.2, 0.25) is 0 Å². The first-order valence-electron chi connectivity index (χ1n) is 9.45. The molecule has 1 amide bonds. The second-order valence-electron chi connectivity index (χ2n) is 7.21. The third-order valence-corrected chi connectivity index (χ3v) is 5.13. The molecular formula is C24H19FN2O3. The zero-order valence-electron chi connectivity index (χ0n) is 16.2. The molecule has 1 atom stereocenters. The molecule has 5 nitrogen and oxygen atoms in total. The number of hydrogen-bond donors (Lipinski definition) is 1. The van der Waals surface area contributed by atoms with Gasteiger partial charge in [-0.1, -0.05) is 35.9 Å². The highest BCUT2D eigenvalue weighted by atomic mass is 19.1. The number of likely N-dealkylation sites (tertiary alicyclic amines) is 1. The van der Waals surface area contributed by atoms with Crippen LogP contribution in [0.3, 0.4) is 0 Å². The molecule has 3 aromatic rings. The van der Waals surface area contributed by atoms with Gasteiger partial charge in [0, 0.05) is 24.5 Å². The first kappa shape index (κ1) is 19.5. The predicted molar refractivity (Wildman–Crippen MR) is 110 cm³/mol. The lowest BCUT2D eigenvalue weighted by Crippen LogP contribution is -2.29. The summed E-state index contributed by atoms with van der Waals surface area (Å²) in [7, 11) is 0. The van der Waals surface area contributed by atoms with Gasteiger partial charge in [-0.15, -0.1) is 0 Å². The quantitative estimate of drug-likeness (QED) is 0.404. The summed E-state index contributed by atoms with van der Waals surface area (Å²) in [6.07, 6.45) is 3.26. The van der Waals surface area contributed by atoms with Crippen molar-refractivity contribution in [2.75, 3.05) is 0 Å². The molecule has 2 aromatic carbocycles. The number of rotatable bonds is 4. The molecule has 2 heterocycles. The number of ketones is 1. The van der Waals surface area contributed by atoms with Crippen molar-refractivity contribution in [1.82, 2.24) is 9.88 Å². The maximum atomic E-state index is 13.3. The van der Waals surface area contributed by atoms with Crippen LogP contribution in [0, 0.1) is 12.7 Å². The van der Waals surface area contributed by atoms with E-state index in [0.717, 1.165) is 11.1 Å². The fraction of sp³-hybridized carbons (Fsp3) is 0.125. The lowest BCUT2D eigenvalue weighted by Gasteiger charge is -2.25. The Morgan fingerprint density at radius 3 is 2.40 bits per heavy atom. The Morgan fingerprint density at radius 1 is 1.07 bits per heavy atom. The number of hydrogen-bond acceptors (Lipinski definition) is 4. The minimum absolute atomic E-state index is 0.0145. The Balaban J connectivity index is 1.85.